The highest BCUT2D eigenvalue weighted by Gasteiger charge is 2.45. The molecule has 2 aliphatic rings. The number of nitrogens with zero attached hydrogens (tertiary/aromatic N) is 4. The highest BCUT2D eigenvalue weighted by molar-refractivity contribution is 5.98. The van der Waals surface area contributed by atoms with Gasteiger partial charge in [-0.1, -0.05) is 6.58 Å². The molecule has 0 saturated carbocycles. The fraction of sp³-hybridized carbons (Fsp3) is 0.263. The van der Waals surface area contributed by atoms with Gasteiger partial charge in [0.05, 0.1) is 29.5 Å². The maximum Gasteiger partial charge on any atom is 0.252 e. The first-order valence-corrected chi connectivity index (χ1v) is 8.74. The van der Waals surface area contributed by atoms with Gasteiger partial charge in [-0.25, -0.2) is 4.98 Å². The van der Waals surface area contributed by atoms with E-state index in [2.05, 4.69) is 26.8 Å². The molecule has 4 heterocycles. The fourth-order valence-electron chi connectivity index (χ4n) is 3.81. The Bertz CT molecular complexity index is 900. The van der Waals surface area contributed by atoms with Crippen LogP contribution in [0.5, 0.6) is 0 Å². The van der Waals surface area contributed by atoms with Gasteiger partial charge in [-0.3, -0.25) is 14.6 Å². The van der Waals surface area contributed by atoms with Crippen LogP contribution in [0.3, 0.4) is 0 Å². The number of aromatic nitrogens is 2. The van der Waals surface area contributed by atoms with Crippen molar-refractivity contribution >= 4 is 29.1 Å². The molecular formula is C19H20N6O2. The van der Waals surface area contributed by atoms with Gasteiger partial charge >= 0.3 is 0 Å². The Morgan fingerprint density at radius 2 is 2.11 bits per heavy atom. The molecule has 2 aliphatic heterocycles. The smallest absolute Gasteiger partial charge is 0.252 e. The Kier molecular flexibility index (Phi) is 4.23. The average molecular weight is 364 g/mol. The summed E-state index contributed by atoms with van der Waals surface area (Å²) in [6.07, 6.45) is 5.59. The zero-order valence-corrected chi connectivity index (χ0v) is 14.7. The van der Waals surface area contributed by atoms with Crippen molar-refractivity contribution in [2.24, 2.45) is 5.73 Å². The number of pyridine rings is 2. The largest absolute Gasteiger partial charge is 0.365 e. The van der Waals surface area contributed by atoms with Gasteiger partial charge in [0.1, 0.15) is 11.6 Å². The van der Waals surface area contributed by atoms with Crippen LogP contribution in [-0.4, -0.2) is 51.9 Å². The van der Waals surface area contributed by atoms with Crippen LogP contribution >= 0.6 is 0 Å². The van der Waals surface area contributed by atoms with Crippen LogP contribution in [0, 0.1) is 0 Å². The summed E-state index contributed by atoms with van der Waals surface area (Å²) in [6.45, 7) is 4.93. The number of rotatable bonds is 5. The molecule has 138 valence electrons. The number of hydrogen-bond acceptors (Lipinski definition) is 6. The third-order valence-electron chi connectivity index (χ3n) is 5.06. The van der Waals surface area contributed by atoms with Crippen molar-refractivity contribution in [3.63, 3.8) is 0 Å². The van der Waals surface area contributed by atoms with Gasteiger partial charge in [-0.2, -0.15) is 0 Å². The molecule has 2 bridgehead atoms. The summed E-state index contributed by atoms with van der Waals surface area (Å²) < 4.78 is 0. The molecular weight excluding hydrogens is 344 g/mol. The normalized spacial score (nSPS) is 20.6. The number of amides is 2. The van der Waals surface area contributed by atoms with E-state index in [1.54, 1.807) is 30.6 Å². The van der Waals surface area contributed by atoms with E-state index < -0.39 is 5.91 Å². The fourth-order valence-corrected chi connectivity index (χ4v) is 3.81. The highest BCUT2D eigenvalue weighted by atomic mass is 16.2. The van der Waals surface area contributed by atoms with E-state index >= 15 is 0 Å². The molecule has 2 unspecified atom stereocenters. The molecule has 27 heavy (non-hydrogen) atoms. The molecule has 0 spiro atoms. The second-order valence-electron chi connectivity index (χ2n) is 6.69. The zero-order valence-electron chi connectivity index (χ0n) is 14.7. The molecule has 4 rings (SSSR count). The van der Waals surface area contributed by atoms with Gasteiger partial charge in [0.25, 0.3) is 5.91 Å². The van der Waals surface area contributed by atoms with Crippen molar-refractivity contribution in [1.29, 1.82) is 0 Å². The Hall–Kier alpha value is -3.42. The predicted octanol–water partition coefficient (Wildman–Crippen LogP) is 1.29. The second kappa shape index (κ2) is 6.71. The van der Waals surface area contributed by atoms with Gasteiger partial charge in [-0.15, -0.1) is 0 Å². The topological polar surface area (TPSA) is 104 Å². The van der Waals surface area contributed by atoms with E-state index in [1.807, 2.05) is 11.0 Å². The van der Waals surface area contributed by atoms with Crippen LogP contribution < -0.4 is 16.0 Å². The Labute approximate surface area is 156 Å². The van der Waals surface area contributed by atoms with Gasteiger partial charge in [0.15, 0.2) is 0 Å². The summed E-state index contributed by atoms with van der Waals surface area (Å²) in [5.41, 5.74) is 6.53. The van der Waals surface area contributed by atoms with Crippen LogP contribution in [0.1, 0.15) is 16.8 Å². The lowest BCUT2D eigenvalue weighted by Crippen LogP contribution is -2.48. The third-order valence-corrected chi connectivity index (χ3v) is 5.06. The highest BCUT2D eigenvalue weighted by Crippen LogP contribution is 2.35. The Morgan fingerprint density at radius 3 is 2.74 bits per heavy atom. The van der Waals surface area contributed by atoms with E-state index in [9.17, 15) is 9.59 Å². The standard InChI is InChI=1S/C19H20N6O2/c1-2-17(26)25-11-13-8-14(25)10-24(13)16-6-5-15(18(20)27)19(23-16)22-12-4-3-7-21-9-12/h2-7,9,13-14H,1,8,10-11H2,(H2,20,27)(H,22,23). The maximum absolute atomic E-state index is 11.9. The molecule has 0 aromatic carbocycles. The average Bonchev–Trinajstić information content (AvgIpc) is 3.29. The van der Waals surface area contributed by atoms with Crippen molar-refractivity contribution in [2.75, 3.05) is 23.3 Å². The number of primary amides is 1. The van der Waals surface area contributed by atoms with E-state index in [4.69, 9.17) is 5.73 Å². The quantitative estimate of drug-likeness (QED) is 0.775. The SMILES string of the molecule is C=CC(=O)N1CC2CC1CN2c1ccc(C(N)=O)c(Nc2cccnc2)n1. The molecule has 2 amide bonds. The molecule has 2 atom stereocenters. The van der Waals surface area contributed by atoms with Crippen LogP contribution in [-0.2, 0) is 4.79 Å². The zero-order chi connectivity index (χ0) is 19.0. The lowest BCUT2D eigenvalue weighted by molar-refractivity contribution is -0.127. The Morgan fingerprint density at radius 1 is 1.26 bits per heavy atom. The number of hydrogen-bond donors (Lipinski definition) is 2. The lowest BCUT2D eigenvalue weighted by Gasteiger charge is -2.34. The lowest BCUT2D eigenvalue weighted by atomic mass is 10.2. The van der Waals surface area contributed by atoms with Crippen LogP contribution in [0.4, 0.5) is 17.3 Å². The number of carbonyl (C=O) groups excluding carboxylic acids is 2. The molecule has 2 fully saturated rings. The molecule has 8 heteroatoms. The number of carbonyl (C=O) groups is 2. The third kappa shape index (κ3) is 3.10. The van der Waals surface area contributed by atoms with Crippen LogP contribution in [0.15, 0.2) is 49.3 Å². The minimum Gasteiger partial charge on any atom is -0.365 e. The van der Waals surface area contributed by atoms with Gasteiger partial charge in [-0.05, 0) is 36.8 Å². The van der Waals surface area contributed by atoms with E-state index in [-0.39, 0.29) is 18.0 Å². The molecule has 0 aliphatic carbocycles. The molecule has 2 saturated heterocycles. The van der Waals surface area contributed by atoms with E-state index in [0.717, 1.165) is 17.9 Å². The van der Waals surface area contributed by atoms with Crippen LogP contribution in [0.2, 0.25) is 0 Å². The van der Waals surface area contributed by atoms with Crippen molar-refractivity contribution in [1.82, 2.24) is 14.9 Å². The molecule has 3 N–H and O–H groups in total. The summed E-state index contributed by atoms with van der Waals surface area (Å²) in [5, 5.41) is 3.12. The summed E-state index contributed by atoms with van der Waals surface area (Å²) in [6, 6.07) is 7.48. The number of likely N-dealkylation sites (tertiary alicyclic amines) is 1. The number of piperazine rings is 1. The molecule has 2 aromatic rings. The van der Waals surface area contributed by atoms with Crippen molar-refractivity contribution in [3.8, 4) is 0 Å². The first-order valence-electron chi connectivity index (χ1n) is 8.74. The molecule has 2 aromatic heterocycles. The van der Waals surface area contributed by atoms with Crippen LogP contribution in [0.25, 0.3) is 0 Å². The van der Waals surface area contributed by atoms with E-state index in [1.165, 1.54) is 6.08 Å². The van der Waals surface area contributed by atoms with Crippen molar-refractivity contribution in [2.45, 2.75) is 18.5 Å². The summed E-state index contributed by atoms with van der Waals surface area (Å²) in [5.74, 6) is 0.573. The monoisotopic (exact) mass is 364 g/mol. The number of nitrogens with two attached hydrogens (primary N) is 1. The van der Waals surface area contributed by atoms with Crippen molar-refractivity contribution < 1.29 is 9.59 Å². The number of nitrogens with one attached hydrogen (secondary N) is 1. The van der Waals surface area contributed by atoms with Crippen molar-refractivity contribution in [3.05, 3.63) is 54.9 Å². The first-order chi connectivity index (χ1) is 13.1. The summed E-state index contributed by atoms with van der Waals surface area (Å²) in [7, 11) is 0. The first kappa shape index (κ1) is 17.0. The second-order valence-corrected chi connectivity index (χ2v) is 6.69. The van der Waals surface area contributed by atoms with Gasteiger partial charge in [0.2, 0.25) is 5.91 Å². The van der Waals surface area contributed by atoms with E-state index in [0.29, 0.717) is 24.5 Å². The number of fused-ring (bicyclic) bond motifs is 2. The summed E-state index contributed by atoms with van der Waals surface area (Å²) >= 11 is 0. The minimum atomic E-state index is -0.550. The van der Waals surface area contributed by atoms with Gasteiger partial charge < -0.3 is 20.9 Å². The number of anilines is 3. The minimum absolute atomic E-state index is 0.0295. The predicted molar refractivity (Wildman–Crippen MR) is 102 cm³/mol. The molecule has 8 nitrogen and oxygen atoms in total. The van der Waals surface area contributed by atoms with Gasteiger partial charge in [0, 0.05) is 19.3 Å². The molecule has 0 radical (unpaired) electrons. The summed E-state index contributed by atoms with van der Waals surface area (Å²) in [4.78, 5) is 36.5. The maximum atomic E-state index is 11.9. The Balaban J connectivity index is 1.60.